The molecule has 0 N–H and O–H groups in total. The molecule has 2 saturated heterocycles. The van der Waals surface area contributed by atoms with Crippen molar-refractivity contribution in [3.8, 4) is 0 Å². The summed E-state index contributed by atoms with van der Waals surface area (Å²) >= 11 is 0. The van der Waals surface area contributed by atoms with Crippen molar-refractivity contribution in [3.63, 3.8) is 0 Å². The van der Waals surface area contributed by atoms with Crippen LogP contribution in [-0.4, -0.2) is 78.1 Å². The Balaban J connectivity index is 0.00000136. The van der Waals surface area contributed by atoms with Gasteiger partial charge in [-0.2, -0.15) is 0 Å². The van der Waals surface area contributed by atoms with Crippen LogP contribution in [0.1, 0.15) is 52.8 Å². The van der Waals surface area contributed by atoms with E-state index < -0.39 is 0 Å². The molecule has 0 bridgehead atoms. The fraction of sp³-hybridized carbons (Fsp3) is 0.667. The molecule has 1 amide bonds. The molecule has 1 unspecified atom stereocenters. The van der Waals surface area contributed by atoms with Crippen molar-refractivity contribution in [1.82, 2.24) is 14.8 Å². The Labute approximate surface area is 170 Å². The lowest BCUT2D eigenvalue weighted by atomic mass is 10.2. The van der Waals surface area contributed by atoms with Crippen molar-refractivity contribution in [3.05, 3.63) is 23.9 Å². The van der Waals surface area contributed by atoms with Gasteiger partial charge >= 0.3 is 6.09 Å². The Morgan fingerprint density at radius 3 is 2.36 bits per heavy atom. The van der Waals surface area contributed by atoms with Crippen LogP contribution in [0, 0.1) is 0 Å². The number of rotatable bonds is 4. The Morgan fingerprint density at radius 1 is 1.14 bits per heavy atom. The summed E-state index contributed by atoms with van der Waals surface area (Å²) in [6.45, 7) is 14.6. The van der Waals surface area contributed by atoms with Gasteiger partial charge in [0.1, 0.15) is 11.9 Å². The van der Waals surface area contributed by atoms with Crippen molar-refractivity contribution in [2.24, 2.45) is 0 Å². The average molecular weight is 393 g/mol. The first-order valence-corrected chi connectivity index (χ1v) is 10.4. The van der Waals surface area contributed by atoms with Crippen LogP contribution in [0.15, 0.2) is 18.3 Å². The highest BCUT2D eigenvalue weighted by atomic mass is 16.6. The number of piperazine rings is 1. The zero-order valence-corrected chi connectivity index (χ0v) is 17.9. The first-order valence-electron chi connectivity index (χ1n) is 10.4. The summed E-state index contributed by atoms with van der Waals surface area (Å²) in [6, 6.07) is 4.16. The Kier molecular flexibility index (Phi) is 8.23. The van der Waals surface area contributed by atoms with Crippen molar-refractivity contribution in [2.45, 2.75) is 53.2 Å². The molecule has 1 aromatic rings. The van der Waals surface area contributed by atoms with E-state index in [-0.39, 0.29) is 19.4 Å². The number of anilines is 1. The lowest BCUT2D eigenvalue weighted by molar-refractivity contribution is 0.0474. The van der Waals surface area contributed by atoms with E-state index in [0.29, 0.717) is 18.2 Å². The quantitative estimate of drug-likeness (QED) is 0.733. The van der Waals surface area contributed by atoms with Gasteiger partial charge in [0.15, 0.2) is 5.78 Å². The second-order valence-electron chi connectivity index (χ2n) is 7.32. The summed E-state index contributed by atoms with van der Waals surface area (Å²) in [5, 5.41) is 0. The van der Waals surface area contributed by atoms with Crippen LogP contribution >= 0.6 is 0 Å². The van der Waals surface area contributed by atoms with E-state index in [9.17, 15) is 9.59 Å². The van der Waals surface area contributed by atoms with Crippen LogP contribution in [0.2, 0.25) is 0 Å². The lowest BCUT2D eigenvalue weighted by Crippen LogP contribution is -2.51. The minimum atomic E-state index is -0.208. The molecule has 2 fully saturated rings. The first-order chi connectivity index (χ1) is 13.4. The fourth-order valence-corrected chi connectivity index (χ4v) is 3.45. The average Bonchev–Trinajstić information content (AvgIpc) is 3.18. The topological polar surface area (TPSA) is 66.0 Å². The van der Waals surface area contributed by atoms with E-state index in [4.69, 9.17) is 4.74 Å². The molecule has 3 heterocycles. The molecule has 2 aliphatic heterocycles. The maximum absolute atomic E-state index is 12.4. The molecule has 0 saturated carbocycles. The van der Waals surface area contributed by atoms with Gasteiger partial charge in [-0.25, -0.2) is 9.78 Å². The second-order valence-corrected chi connectivity index (χ2v) is 7.32. The number of Topliss-reactive ketones (excluding diaryl/α,β-unsaturated/α-hetero) is 1. The van der Waals surface area contributed by atoms with E-state index in [1.165, 1.54) is 6.92 Å². The van der Waals surface area contributed by atoms with E-state index in [1.54, 1.807) is 17.2 Å². The Morgan fingerprint density at radius 2 is 1.82 bits per heavy atom. The normalized spacial score (nSPS) is 20.0. The third-order valence-corrected chi connectivity index (χ3v) is 5.19. The van der Waals surface area contributed by atoms with Gasteiger partial charge in [0, 0.05) is 58.4 Å². The number of amides is 1. The van der Waals surface area contributed by atoms with Crippen LogP contribution in [0.5, 0.6) is 0 Å². The SMILES string of the molecule is CC.CC(=O)c1ccc(N2CCC(OC(=O)N3CCN(C(C)C)CC3)C2)nc1.[HH]. The van der Waals surface area contributed by atoms with Crippen LogP contribution in [0.4, 0.5) is 10.6 Å². The minimum absolute atomic E-state index is 0. The van der Waals surface area contributed by atoms with Crippen LogP contribution in [-0.2, 0) is 4.74 Å². The predicted molar refractivity (Wildman–Crippen MR) is 113 cm³/mol. The molecule has 0 aromatic carbocycles. The van der Waals surface area contributed by atoms with E-state index in [0.717, 1.165) is 45.0 Å². The maximum Gasteiger partial charge on any atom is 0.410 e. The largest absolute Gasteiger partial charge is 0.444 e. The van der Waals surface area contributed by atoms with Gasteiger partial charge in [0.25, 0.3) is 0 Å². The number of hydrogen-bond acceptors (Lipinski definition) is 6. The van der Waals surface area contributed by atoms with E-state index in [2.05, 4.69) is 28.6 Å². The maximum atomic E-state index is 12.4. The number of ether oxygens (including phenoxy) is 1. The Bertz CT molecular complexity index is 646. The smallest absolute Gasteiger partial charge is 0.410 e. The molecule has 0 aliphatic carbocycles. The van der Waals surface area contributed by atoms with E-state index >= 15 is 0 Å². The molecular formula is C21H36N4O3. The molecule has 3 rings (SSSR count). The molecule has 7 nitrogen and oxygen atoms in total. The molecular weight excluding hydrogens is 356 g/mol. The Hall–Kier alpha value is -2.15. The van der Waals surface area contributed by atoms with Gasteiger partial charge in [0.2, 0.25) is 0 Å². The van der Waals surface area contributed by atoms with E-state index in [1.807, 2.05) is 19.9 Å². The predicted octanol–water partition coefficient (Wildman–Crippen LogP) is 3.30. The number of aromatic nitrogens is 1. The van der Waals surface area contributed by atoms with Gasteiger partial charge in [0.05, 0.1) is 6.54 Å². The van der Waals surface area contributed by atoms with Gasteiger partial charge in [-0.15, -0.1) is 0 Å². The third kappa shape index (κ3) is 5.67. The highest BCUT2D eigenvalue weighted by molar-refractivity contribution is 5.93. The number of carbonyl (C=O) groups is 2. The van der Waals surface area contributed by atoms with Crippen LogP contribution < -0.4 is 4.90 Å². The summed E-state index contributed by atoms with van der Waals surface area (Å²) in [4.78, 5) is 34.4. The van der Waals surface area contributed by atoms with Crippen molar-refractivity contribution in [1.29, 1.82) is 0 Å². The number of nitrogens with zero attached hydrogens (tertiary/aromatic N) is 4. The number of ketones is 1. The molecule has 2 aliphatic rings. The minimum Gasteiger partial charge on any atom is -0.444 e. The lowest BCUT2D eigenvalue weighted by Gasteiger charge is -2.36. The molecule has 1 aromatic heterocycles. The van der Waals surface area contributed by atoms with Crippen molar-refractivity contribution >= 4 is 17.7 Å². The number of carbonyl (C=O) groups excluding carboxylic acids is 2. The molecule has 28 heavy (non-hydrogen) atoms. The monoisotopic (exact) mass is 392 g/mol. The fourth-order valence-electron chi connectivity index (χ4n) is 3.45. The first kappa shape index (κ1) is 22.1. The van der Waals surface area contributed by atoms with Crippen LogP contribution in [0.3, 0.4) is 0 Å². The zero-order chi connectivity index (χ0) is 20.7. The number of hydrogen-bond donors (Lipinski definition) is 0. The second kappa shape index (κ2) is 10.4. The molecule has 0 spiro atoms. The highest BCUT2D eigenvalue weighted by Gasteiger charge is 2.30. The summed E-state index contributed by atoms with van der Waals surface area (Å²) < 4.78 is 5.71. The third-order valence-electron chi connectivity index (χ3n) is 5.19. The van der Waals surface area contributed by atoms with Gasteiger partial charge < -0.3 is 14.5 Å². The highest BCUT2D eigenvalue weighted by Crippen LogP contribution is 2.21. The number of pyridine rings is 1. The summed E-state index contributed by atoms with van der Waals surface area (Å²) in [7, 11) is 0. The van der Waals surface area contributed by atoms with Crippen molar-refractivity contribution in [2.75, 3.05) is 44.2 Å². The molecule has 1 atom stereocenters. The zero-order valence-electron chi connectivity index (χ0n) is 17.9. The summed E-state index contributed by atoms with van der Waals surface area (Å²) in [6.07, 6.45) is 2.08. The van der Waals surface area contributed by atoms with Gasteiger partial charge in [-0.3, -0.25) is 9.69 Å². The van der Waals surface area contributed by atoms with Gasteiger partial charge in [-0.1, -0.05) is 13.8 Å². The van der Waals surface area contributed by atoms with Crippen molar-refractivity contribution < 1.29 is 15.8 Å². The molecule has 0 radical (unpaired) electrons. The summed E-state index contributed by atoms with van der Waals surface area (Å²) in [5.74, 6) is 0.828. The van der Waals surface area contributed by atoms with Crippen LogP contribution in [0.25, 0.3) is 0 Å². The summed E-state index contributed by atoms with van der Waals surface area (Å²) in [5.41, 5.74) is 0.608. The molecule has 158 valence electrons. The van der Waals surface area contributed by atoms with Gasteiger partial charge in [-0.05, 0) is 32.9 Å². The standard InChI is InChI=1S/C19H28N4O3.C2H6.H2/c1-14(2)21-8-10-22(11-9-21)19(25)26-17-6-7-23(13-17)18-5-4-16(12-20-18)15(3)24;1-2;/h4-5,12,14,17H,6-11,13H2,1-3H3;1-2H3;1H. The molecule has 7 heteroatoms.